The summed E-state index contributed by atoms with van der Waals surface area (Å²) in [5.74, 6) is 0.765. The van der Waals surface area contributed by atoms with Gasteiger partial charge in [-0.15, -0.1) is 0 Å². The van der Waals surface area contributed by atoms with Gasteiger partial charge in [-0.2, -0.15) is 13.2 Å². The molecule has 0 spiro atoms. The number of benzene rings is 1. The van der Waals surface area contributed by atoms with Crippen LogP contribution in [0.2, 0.25) is 0 Å². The van der Waals surface area contributed by atoms with Gasteiger partial charge in [0.2, 0.25) is 0 Å². The van der Waals surface area contributed by atoms with Crippen molar-refractivity contribution in [1.82, 2.24) is 5.32 Å². The van der Waals surface area contributed by atoms with Crippen molar-refractivity contribution in [2.75, 3.05) is 26.9 Å². The maximum absolute atomic E-state index is 11.9. The molecule has 0 heterocycles. The van der Waals surface area contributed by atoms with E-state index in [1.165, 1.54) is 0 Å². The third-order valence-electron chi connectivity index (χ3n) is 2.57. The highest BCUT2D eigenvalue weighted by Gasteiger charge is 2.25. The molecule has 0 aromatic heterocycles. The van der Waals surface area contributed by atoms with Crippen molar-refractivity contribution in [3.8, 4) is 5.75 Å². The normalized spacial score (nSPS) is 11.6. The molecular weight excluding hydrogens is 271 g/mol. The predicted octanol–water partition coefficient (Wildman–Crippen LogP) is 3.14. The molecule has 0 fully saturated rings. The Morgan fingerprint density at radius 3 is 2.55 bits per heavy atom. The van der Waals surface area contributed by atoms with Crippen LogP contribution in [0.1, 0.15) is 18.4 Å². The van der Waals surface area contributed by atoms with Crippen LogP contribution in [-0.4, -0.2) is 33.0 Å². The number of halogens is 3. The average Bonchev–Trinajstić information content (AvgIpc) is 2.38. The molecule has 0 bridgehead atoms. The van der Waals surface area contributed by atoms with Gasteiger partial charge in [0.25, 0.3) is 0 Å². The molecular formula is C14H20F3NO2. The fourth-order valence-electron chi connectivity index (χ4n) is 1.67. The Hall–Kier alpha value is -1.27. The molecule has 0 amide bonds. The van der Waals surface area contributed by atoms with Crippen LogP contribution >= 0.6 is 0 Å². The van der Waals surface area contributed by atoms with E-state index in [2.05, 4.69) is 5.32 Å². The van der Waals surface area contributed by atoms with Crippen molar-refractivity contribution < 1.29 is 22.6 Å². The van der Waals surface area contributed by atoms with E-state index < -0.39 is 12.6 Å². The first-order chi connectivity index (χ1) is 9.53. The Balaban J connectivity index is 2.15. The van der Waals surface area contributed by atoms with Gasteiger partial charge in [0.05, 0.1) is 6.61 Å². The van der Waals surface area contributed by atoms with Crippen molar-refractivity contribution in [2.24, 2.45) is 0 Å². The van der Waals surface area contributed by atoms with Crippen LogP contribution in [0.4, 0.5) is 13.2 Å². The van der Waals surface area contributed by atoms with Crippen molar-refractivity contribution in [3.63, 3.8) is 0 Å². The highest BCUT2D eigenvalue weighted by molar-refractivity contribution is 5.33. The summed E-state index contributed by atoms with van der Waals surface area (Å²) in [6.07, 6.45) is -4.93. The van der Waals surface area contributed by atoms with Crippen LogP contribution in [0.25, 0.3) is 0 Å². The van der Waals surface area contributed by atoms with E-state index in [9.17, 15) is 13.2 Å². The van der Waals surface area contributed by atoms with Gasteiger partial charge >= 0.3 is 6.18 Å². The first-order valence-electron chi connectivity index (χ1n) is 6.53. The number of hydrogen-bond acceptors (Lipinski definition) is 3. The molecule has 0 aliphatic heterocycles. The summed E-state index contributed by atoms with van der Waals surface area (Å²) in [5.41, 5.74) is 1.03. The molecule has 0 aliphatic rings. The monoisotopic (exact) mass is 291 g/mol. The lowest BCUT2D eigenvalue weighted by atomic mass is 10.2. The van der Waals surface area contributed by atoms with Gasteiger partial charge in [0, 0.05) is 25.1 Å². The van der Waals surface area contributed by atoms with Gasteiger partial charge in [0.1, 0.15) is 12.4 Å². The number of para-hydroxylation sites is 1. The summed E-state index contributed by atoms with van der Waals surface area (Å²) in [6.45, 7) is 1.40. The summed E-state index contributed by atoms with van der Waals surface area (Å²) < 4.78 is 46.3. The third kappa shape index (κ3) is 7.35. The van der Waals surface area contributed by atoms with Gasteiger partial charge in [-0.25, -0.2) is 0 Å². The van der Waals surface area contributed by atoms with Crippen LogP contribution in [-0.2, 0) is 11.3 Å². The minimum Gasteiger partial charge on any atom is -0.491 e. The summed E-state index contributed by atoms with van der Waals surface area (Å²) in [5, 5.41) is 3.04. The van der Waals surface area contributed by atoms with Crippen molar-refractivity contribution >= 4 is 0 Å². The van der Waals surface area contributed by atoms with Crippen LogP contribution in [0.5, 0.6) is 5.75 Å². The van der Waals surface area contributed by atoms with E-state index in [1.807, 2.05) is 31.3 Å². The maximum Gasteiger partial charge on any atom is 0.389 e. The second kappa shape index (κ2) is 8.81. The second-order valence-electron chi connectivity index (χ2n) is 4.32. The van der Waals surface area contributed by atoms with E-state index >= 15 is 0 Å². The minimum absolute atomic E-state index is 0.0140. The van der Waals surface area contributed by atoms with Gasteiger partial charge in [0.15, 0.2) is 0 Å². The lowest BCUT2D eigenvalue weighted by molar-refractivity contribution is -0.138. The fraction of sp³-hybridized carbons (Fsp3) is 0.571. The Labute approximate surface area is 117 Å². The highest BCUT2D eigenvalue weighted by Crippen LogP contribution is 2.21. The zero-order valence-corrected chi connectivity index (χ0v) is 11.5. The van der Waals surface area contributed by atoms with Gasteiger partial charge in [-0.1, -0.05) is 18.2 Å². The Kier molecular flexibility index (Phi) is 7.40. The molecule has 0 atom stereocenters. The second-order valence-corrected chi connectivity index (χ2v) is 4.32. The van der Waals surface area contributed by atoms with Gasteiger partial charge in [-0.05, 0) is 19.5 Å². The molecule has 0 aliphatic carbocycles. The summed E-state index contributed by atoms with van der Waals surface area (Å²) in [7, 11) is 1.85. The van der Waals surface area contributed by atoms with E-state index in [1.54, 1.807) is 0 Å². The number of nitrogens with one attached hydrogen (secondary N) is 1. The molecule has 1 aromatic rings. The minimum atomic E-state index is -4.11. The summed E-state index contributed by atoms with van der Waals surface area (Å²) in [4.78, 5) is 0. The van der Waals surface area contributed by atoms with Gasteiger partial charge in [-0.3, -0.25) is 0 Å². The largest absolute Gasteiger partial charge is 0.491 e. The Morgan fingerprint density at radius 2 is 1.85 bits per heavy atom. The molecule has 0 saturated carbocycles. The van der Waals surface area contributed by atoms with Crippen molar-refractivity contribution in [2.45, 2.75) is 25.6 Å². The van der Waals surface area contributed by atoms with E-state index in [0.29, 0.717) is 13.2 Å². The smallest absolute Gasteiger partial charge is 0.389 e. The molecule has 1 rings (SSSR count). The zero-order chi connectivity index (χ0) is 14.8. The van der Waals surface area contributed by atoms with Crippen LogP contribution in [0.15, 0.2) is 24.3 Å². The number of rotatable bonds is 9. The first kappa shape index (κ1) is 16.8. The number of hydrogen-bond donors (Lipinski definition) is 1. The van der Waals surface area contributed by atoms with Crippen LogP contribution in [0, 0.1) is 0 Å². The van der Waals surface area contributed by atoms with Crippen LogP contribution < -0.4 is 10.1 Å². The standard InChI is InChI=1S/C14H20F3NO2/c1-18-11-12-5-2-3-6-13(12)20-10-9-19-8-4-7-14(15,16)17/h2-3,5-6,18H,4,7-11H2,1H3. The SMILES string of the molecule is CNCc1ccccc1OCCOCCCC(F)(F)F. The summed E-state index contributed by atoms with van der Waals surface area (Å²) >= 11 is 0. The highest BCUT2D eigenvalue weighted by atomic mass is 19.4. The molecule has 114 valence electrons. The van der Waals surface area contributed by atoms with Crippen LogP contribution in [0.3, 0.4) is 0 Å². The lowest BCUT2D eigenvalue weighted by Crippen LogP contribution is -2.12. The number of alkyl halides is 3. The Bertz CT molecular complexity index is 383. The zero-order valence-electron chi connectivity index (χ0n) is 11.5. The molecule has 1 aromatic carbocycles. The molecule has 0 saturated heterocycles. The van der Waals surface area contributed by atoms with Gasteiger partial charge < -0.3 is 14.8 Å². The Morgan fingerprint density at radius 1 is 1.10 bits per heavy atom. The average molecular weight is 291 g/mol. The molecule has 3 nitrogen and oxygen atoms in total. The maximum atomic E-state index is 11.9. The van der Waals surface area contributed by atoms with E-state index in [4.69, 9.17) is 9.47 Å². The predicted molar refractivity (Wildman–Crippen MR) is 70.8 cm³/mol. The van der Waals surface area contributed by atoms with Crippen molar-refractivity contribution in [3.05, 3.63) is 29.8 Å². The molecule has 1 N–H and O–H groups in total. The molecule has 20 heavy (non-hydrogen) atoms. The lowest BCUT2D eigenvalue weighted by Gasteiger charge is -2.11. The third-order valence-corrected chi connectivity index (χ3v) is 2.57. The number of ether oxygens (including phenoxy) is 2. The van der Waals surface area contributed by atoms with E-state index in [-0.39, 0.29) is 19.6 Å². The summed E-state index contributed by atoms with van der Waals surface area (Å²) in [6, 6.07) is 7.61. The van der Waals surface area contributed by atoms with Crippen molar-refractivity contribution in [1.29, 1.82) is 0 Å². The molecule has 6 heteroatoms. The van der Waals surface area contributed by atoms with E-state index in [0.717, 1.165) is 11.3 Å². The quantitative estimate of drug-likeness (QED) is 0.709. The first-order valence-corrected chi connectivity index (χ1v) is 6.53. The fourth-order valence-corrected chi connectivity index (χ4v) is 1.67. The molecule has 0 unspecified atom stereocenters. The topological polar surface area (TPSA) is 30.5 Å². The molecule has 0 radical (unpaired) electrons.